The third kappa shape index (κ3) is 9.21. The van der Waals surface area contributed by atoms with Crippen molar-refractivity contribution in [1.29, 1.82) is 0 Å². The fourth-order valence-electron chi connectivity index (χ4n) is 3.51. The zero-order valence-electron chi connectivity index (χ0n) is 19.6. The average Bonchev–Trinajstić information content (AvgIpc) is 3.28. The fourth-order valence-corrected chi connectivity index (χ4v) is 3.51. The second kappa shape index (κ2) is 14.0. The van der Waals surface area contributed by atoms with Crippen molar-refractivity contribution in [2.45, 2.75) is 40.3 Å². The Kier molecular flexibility index (Phi) is 11.5. The first kappa shape index (κ1) is 26.9. The predicted octanol–water partition coefficient (Wildman–Crippen LogP) is 4.24. The number of ether oxygens (including phenoxy) is 2. The van der Waals surface area contributed by atoms with Crippen LogP contribution in [0.1, 0.15) is 37.0 Å². The normalized spacial score (nSPS) is 15.5. The number of carbonyl (C=O) groups is 1. The van der Waals surface area contributed by atoms with Gasteiger partial charge < -0.3 is 25.4 Å². The Morgan fingerprint density at radius 1 is 1.21 bits per heavy atom. The van der Waals surface area contributed by atoms with Crippen LogP contribution in [0.15, 0.2) is 47.5 Å². The van der Waals surface area contributed by atoms with Gasteiger partial charge >= 0.3 is 0 Å². The first-order chi connectivity index (χ1) is 15.5. The van der Waals surface area contributed by atoms with Crippen LogP contribution in [-0.4, -0.2) is 38.2 Å². The molecule has 1 heterocycles. The molecular formula is C25H35IN4O3. The van der Waals surface area contributed by atoms with Crippen LogP contribution in [0.3, 0.4) is 0 Å². The van der Waals surface area contributed by atoms with Crippen molar-refractivity contribution < 1.29 is 14.3 Å². The molecule has 0 aromatic heterocycles. The van der Waals surface area contributed by atoms with E-state index in [9.17, 15) is 4.79 Å². The zero-order valence-corrected chi connectivity index (χ0v) is 22.0. The molecule has 0 aliphatic carbocycles. The van der Waals surface area contributed by atoms with E-state index in [0.29, 0.717) is 25.6 Å². The Morgan fingerprint density at radius 2 is 2.06 bits per heavy atom. The minimum absolute atomic E-state index is 0. The summed E-state index contributed by atoms with van der Waals surface area (Å²) in [5, 5.41) is 9.50. The molecule has 1 atom stereocenters. The zero-order chi connectivity index (χ0) is 22.8. The van der Waals surface area contributed by atoms with E-state index in [1.165, 1.54) is 12.5 Å². The van der Waals surface area contributed by atoms with Crippen LogP contribution in [0.25, 0.3) is 0 Å². The lowest BCUT2D eigenvalue weighted by atomic mass is 10.1. The Morgan fingerprint density at radius 3 is 2.79 bits per heavy atom. The smallest absolute Gasteiger partial charge is 0.221 e. The number of carbonyl (C=O) groups excluding carboxylic acids is 1. The molecule has 3 rings (SSSR count). The van der Waals surface area contributed by atoms with E-state index in [1.54, 1.807) is 0 Å². The topological polar surface area (TPSA) is 84.0 Å². The number of nitrogens with zero attached hydrogens (tertiary/aromatic N) is 1. The SMILES string of the molecule is CCNC(=NCc1cccc(NC(C)=O)c1)NCc1ccc(C)cc1OCC1CCOC1.I. The average molecular weight is 566 g/mol. The predicted molar refractivity (Wildman–Crippen MR) is 143 cm³/mol. The van der Waals surface area contributed by atoms with Gasteiger partial charge in [0, 0.05) is 43.8 Å². The first-order valence-electron chi connectivity index (χ1n) is 11.2. The van der Waals surface area contributed by atoms with Gasteiger partial charge in [0.05, 0.1) is 19.8 Å². The fraction of sp³-hybridized carbons (Fsp3) is 0.440. The standard InChI is InChI=1S/C25H34N4O3.HI/c1-4-26-25(27-14-20-6-5-7-23(13-20)29-19(3)30)28-15-22-9-8-18(2)12-24(22)32-17-21-10-11-31-16-21;/h5-9,12-13,21H,4,10-11,14-17H2,1-3H3,(H,29,30)(H2,26,27,28);1H. The number of guanidine groups is 1. The third-order valence-corrected chi connectivity index (χ3v) is 5.18. The number of benzene rings is 2. The van der Waals surface area contributed by atoms with Crippen LogP contribution >= 0.6 is 24.0 Å². The van der Waals surface area contributed by atoms with E-state index < -0.39 is 0 Å². The number of aliphatic imine (C=N–C) groups is 1. The summed E-state index contributed by atoms with van der Waals surface area (Å²) in [5.41, 5.74) is 4.06. The summed E-state index contributed by atoms with van der Waals surface area (Å²) in [7, 11) is 0. The number of hydrogen-bond donors (Lipinski definition) is 3. The summed E-state index contributed by atoms with van der Waals surface area (Å²) >= 11 is 0. The van der Waals surface area contributed by atoms with E-state index in [4.69, 9.17) is 14.5 Å². The molecule has 1 unspecified atom stereocenters. The second-order valence-corrected chi connectivity index (χ2v) is 8.08. The lowest BCUT2D eigenvalue weighted by Gasteiger charge is -2.17. The molecule has 0 bridgehead atoms. The third-order valence-electron chi connectivity index (χ3n) is 5.18. The van der Waals surface area contributed by atoms with E-state index in [-0.39, 0.29) is 29.9 Å². The minimum atomic E-state index is -0.0859. The van der Waals surface area contributed by atoms with E-state index in [0.717, 1.165) is 54.7 Å². The molecule has 180 valence electrons. The van der Waals surface area contributed by atoms with Gasteiger partial charge in [-0.2, -0.15) is 0 Å². The molecular weight excluding hydrogens is 531 g/mol. The molecule has 0 saturated carbocycles. The number of anilines is 1. The Balaban J connectivity index is 0.00000385. The van der Waals surface area contributed by atoms with E-state index in [1.807, 2.05) is 31.2 Å². The van der Waals surface area contributed by atoms with Crippen LogP contribution in [0.5, 0.6) is 5.75 Å². The molecule has 1 aliphatic heterocycles. The molecule has 1 saturated heterocycles. The molecule has 3 N–H and O–H groups in total. The number of nitrogens with one attached hydrogen (secondary N) is 3. The molecule has 0 radical (unpaired) electrons. The van der Waals surface area contributed by atoms with Gasteiger partial charge in [0.25, 0.3) is 0 Å². The van der Waals surface area contributed by atoms with Crippen molar-refractivity contribution in [3.63, 3.8) is 0 Å². The van der Waals surface area contributed by atoms with Crippen LogP contribution in [0.2, 0.25) is 0 Å². The Bertz CT molecular complexity index is 930. The number of rotatable bonds is 9. The summed E-state index contributed by atoms with van der Waals surface area (Å²) < 4.78 is 11.6. The van der Waals surface area contributed by atoms with Crippen molar-refractivity contribution in [1.82, 2.24) is 10.6 Å². The second-order valence-electron chi connectivity index (χ2n) is 8.08. The van der Waals surface area contributed by atoms with Crippen molar-refractivity contribution in [2.75, 3.05) is 31.7 Å². The van der Waals surface area contributed by atoms with Crippen LogP contribution in [0, 0.1) is 12.8 Å². The van der Waals surface area contributed by atoms with Gasteiger partial charge in [-0.05, 0) is 49.6 Å². The van der Waals surface area contributed by atoms with E-state index >= 15 is 0 Å². The summed E-state index contributed by atoms with van der Waals surface area (Å²) in [4.78, 5) is 16.0. The van der Waals surface area contributed by atoms with Gasteiger partial charge in [0.2, 0.25) is 5.91 Å². The van der Waals surface area contributed by atoms with Gasteiger partial charge in [-0.1, -0.05) is 24.3 Å². The lowest BCUT2D eigenvalue weighted by Crippen LogP contribution is -2.36. The summed E-state index contributed by atoms with van der Waals surface area (Å²) in [5.74, 6) is 2.01. The number of halogens is 1. The summed E-state index contributed by atoms with van der Waals surface area (Å²) in [6.07, 6.45) is 1.06. The summed E-state index contributed by atoms with van der Waals surface area (Å²) in [6.45, 7) is 9.76. The number of amides is 1. The molecule has 33 heavy (non-hydrogen) atoms. The molecule has 0 spiro atoms. The molecule has 2 aromatic carbocycles. The highest BCUT2D eigenvalue weighted by molar-refractivity contribution is 14.0. The van der Waals surface area contributed by atoms with Crippen molar-refractivity contribution in [2.24, 2.45) is 10.9 Å². The maximum atomic E-state index is 11.3. The first-order valence-corrected chi connectivity index (χ1v) is 11.2. The maximum absolute atomic E-state index is 11.3. The van der Waals surface area contributed by atoms with Crippen molar-refractivity contribution >= 4 is 41.5 Å². The van der Waals surface area contributed by atoms with E-state index in [2.05, 4.69) is 41.1 Å². The molecule has 8 heteroatoms. The lowest BCUT2D eigenvalue weighted by molar-refractivity contribution is -0.114. The van der Waals surface area contributed by atoms with Crippen LogP contribution in [0.4, 0.5) is 5.69 Å². The maximum Gasteiger partial charge on any atom is 0.221 e. The highest BCUT2D eigenvalue weighted by Gasteiger charge is 2.17. The monoisotopic (exact) mass is 566 g/mol. The van der Waals surface area contributed by atoms with Gasteiger partial charge in [0.1, 0.15) is 5.75 Å². The molecule has 1 fully saturated rings. The number of hydrogen-bond acceptors (Lipinski definition) is 4. The number of aryl methyl sites for hydroxylation is 1. The highest BCUT2D eigenvalue weighted by atomic mass is 127. The largest absolute Gasteiger partial charge is 0.493 e. The molecule has 1 amide bonds. The molecule has 1 aliphatic rings. The summed E-state index contributed by atoms with van der Waals surface area (Å²) in [6, 6.07) is 14.0. The Labute approximate surface area is 213 Å². The quantitative estimate of drug-likeness (QED) is 0.240. The van der Waals surface area contributed by atoms with Gasteiger partial charge in [-0.25, -0.2) is 4.99 Å². The van der Waals surface area contributed by atoms with Gasteiger partial charge in [-0.15, -0.1) is 24.0 Å². The Hall–Kier alpha value is -2.33. The molecule has 7 nitrogen and oxygen atoms in total. The van der Waals surface area contributed by atoms with Crippen molar-refractivity contribution in [3.8, 4) is 5.75 Å². The highest BCUT2D eigenvalue weighted by Crippen LogP contribution is 2.22. The molecule has 2 aromatic rings. The van der Waals surface area contributed by atoms with Crippen molar-refractivity contribution in [3.05, 3.63) is 59.2 Å². The van der Waals surface area contributed by atoms with Gasteiger partial charge in [-0.3, -0.25) is 4.79 Å². The van der Waals surface area contributed by atoms with Crippen LogP contribution < -0.4 is 20.7 Å². The van der Waals surface area contributed by atoms with Crippen LogP contribution in [-0.2, 0) is 22.6 Å². The minimum Gasteiger partial charge on any atom is -0.493 e. The van der Waals surface area contributed by atoms with Gasteiger partial charge in [0.15, 0.2) is 5.96 Å².